The van der Waals surface area contributed by atoms with Crippen LogP contribution in [0, 0.1) is 11.8 Å². The molecule has 13 heavy (non-hydrogen) atoms. The van der Waals surface area contributed by atoms with Crippen LogP contribution < -0.4 is 0 Å². The van der Waals surface area contributed by atoms with Gasteiger partial charge in [0.15, 0.2) is 0 Å². The first kappa shape index (κ1) is 10.1. The van der Waals surface area contributed by atoms with E-state index in [9.17, 15) is 0 Å². The van der Waals surface area contributed by atoms with Crippen LogP contribution in [0.15, 0.2) is 30.3 Å². The van der Waals surface area contributed by atoms with Gasteiger partial charge < -0.3 is 4.74 Å². The fraction of sp³-hybridized carbons (Fsp3) is 0.273. The van der Waals surface area contributed by atoms with E-state index in [1.807, 2.05) is 30.3 Å². The molecule has 0 bridgehead atoms. The van der Waals surface area contributed by atoms with Crippen molar-refractivity contribution >= 4 is 11.6 Å². The predicted molar refractivity (Wildman–Crippen MR) is 54.6 cm³/mol. The second kappa shape index (κ2) is 5.64. The van der Waals surface area contributed by atoms with Gasteiger partial charge in [0.1, 0.15) is 12.2 Å². The third-order valence-electron chi connectivity index (χ3n) is 1.39. The number of ether oxygens (including phenoxy) is 1. The largest absolute Gasteiger partial charge is 0.350 e. The molecule has 0 saturated heterocycles. The molecule has 0 aliphatic heterocycles. The first-order valence-corrected chi connectivity index (χ1v) is 4.52. The number of alkyl halides is 1. The number of hydrogen-bond acceptors (Lipinski definition) is 1. The van der Waals surface area contributed by atoms with Gasteiger partial charge in [-0.05, 0) is 19.1 Å². The molecule has 0 spiro atoms. The van der Waals surface area contributed by atoms with Gasteiger partial charge in [-0.25, -0.2) is 0 Å². The van der Waals surface area contributed by atoms with Gasteiger partial charge in [0.25, 0.3) is 0 Å². The molecule has 1 aromatic carbocycles. The second-order valence-electron chi connectivity index (χ2n) is 2.52. The molecule has 1 unspecified atom stereocenters. The van der Waals surface area contributed by atoms with Crippen LogP contribution in [-0.4, -0.2) is 12.2 Å². The van der Waals surface area contributed by atoms with Crippen LogP contribution in [0.2, 0.25) is 0 Å². The van der Waals surface area contributed by atoms with Crippen LogP contribution in [0.5, 0.6) is 0 Å². The zero-order valence-corrected chi connectivity index (χ0v) is 8.21. The Morgan fingerprint density at radius 1 is 1.38 bits per heavy atom. The van der Waals surface area contributed by atoms with Crippen molar-refractivity contribution in [1.29, 1.82) is 0 Å². The van der Waals surface area contributed by atoms with E-state index < -0.39 is 0 Å². The van der Waals surface area contributed by atoms with Crippen molar-refractivity contribution < 1.29 is 4.74 Å². The minimum Gasteiger partial charge on any atom is -0.350 e. The summed E-state index contributed by atoms with van der Waals surface area (Å²) in [4.78, 5) is 0. The van der Waals surface area contributed by atoms with E-state index in [1.165, 1.54) is 0 Å². The van der Waals surface area contributed by atoms with Crippen molar-refractivity contribution in [3.05, 3.63) is 35.9 Å². The van der Waals surface area contributed by atoms with Crippen molar-refractivity contribution in [1.82, 2.24) is 0 Å². The van der Waals surface area contributed by atoms with E-state index >= 15 is 0 Å². The molecule has 1 aromatic rings. The second-order valence-corrected chi connectivity index (χ2v) is 3.14. The van der Waals surface area contributed by atoms with Crippen LogP contribution in [0.25, 0.3) is 0 Å². The highest BCUT2D eigenvalue weighted by Crippen LogP contribution is 1.96. The van der Waals surface area contributed by atoms with Crippen molar-refractivity contribution in [3.63, 3.8) is 0 Å². The number of hydrogen-bond donors (Lipinski definition) is 0. The summed E-state index contributed by atoms with van der Waals surface area (Å²) in [6.45, 7) is 2.14. The normalized spacial score (nSPS) is 11.5. The lowest BCUT2D eigenvalue weighted by Crippen LogP contribution is -1.98. The minimum absolute atomic E-state index is 0.273. The average Bonchev–Trinajstić information content (AvgIpc) is 2.14. The van der Waals surface area contributed by atoms with Gasteiger partial charge in [0, 0.05) is 5.56 Å². The summed E-state index contributed by atoms with van der Waals surface area (Å²) in [5, 5.41) is 0. The molecule has 1 rings (SSSR count). The van der Waals surface area contributed by atoms with E-state index in [1.54, 1.807) is 6.92 Å². The molecular weight excluding hydrogens is 184 g/mol. The topological polar surface area (TPSA) is 9.23 Å². The first-order valence-electron chi connectivity index (χ1n) is 4.08. The Kier molecular flexibility index (Phi) is 4.39. The highest BCUT2D eigenvalue weighted by Gasteiger charge is 1.90. The maximum absolute atomic E-state index is 5.57. The van der Waals surface area contributed by atoms with Crippen LogP contribution in [0.1, 0.15) is 12.5 Å². The Bertz CT molecular complexity index is 295. The quantitative estimate of drug-likeness (QED) is 0.520. The monoisotopic (exact) mass is 194 g/mol. The van der Waals surface area contributed by atoms with Gasteiger partial charge in [-0.15, -0.1) is 0 Å². The Balaban J connectivity index is 2.40. The number of rotatable bonds is 2. The van der Waals surface area contributed by atoms with E-state index in [0.717, 1.165) is 5.56 Å². The molecule has 0 aromatic heterocycles. The van der Waals surface area contributed by atoms with E-state index in [2.05, 4.69) is 11.8 Å². The fourth-order valence-electron chi connectivity index (χ4n) is 0.816. The average molecular weight is 195 g/mol. The molecule has 68 valence electrons. The van der Waals surface area contributed by atoms with Gasteiger partial charge in [0.2, 0.25) is 0 Å². The van der Waals surface area contributed by atoms with Crippen molar-refractivity contribution in [2.75, 3.05) is 6.61 Å². The van der Waals surface area contributed by atoms with Crippen molar-refractivity contribution in [2.24, 2.45) is 0 Å². The molecule has 0 heterocycles. The summed E-state index contributed by atoms with van der Waals surface area (Å²) in [7, 11) is 0. The Morgan fingerprint density at radius 3 is 2.69 bits per heavy atom. The Morgan fingerprint density at radius 2 is 2.08 bits per heavy atom. The van der Waals surface area contributed by atoms with Crippen molar-refractivity contribution in [2.45, 2.75) is 12.5 Å². The zero-order chi connectivity index (χ0) is 9.52. The van der Waals surface area contributed by atoms with Gasteiger partial charge in [-0.3, -0.25) is 0 Å². The van der Waals surface area contributed by atoms with E-state index in [4.69, 9.17) is 16.3 Å². The predicted octanol–water partition coefficient (Wildman–Crippen LogP) is 2.64. The first-order chi connectivity index (χ1) is 6.29. The van der Waals surface area contributed by atoms with Gasteiger partial charge in [-0.1, -0.05) is 41.6 Å². The number of halogens is 1. The standard InChI is InChI=1S/C11H11ClO/c1-10(12)13-9-5-8-11-6-3-2-4-7-11/h2-4,6-7,10H,9H2,1H3. The summed E-state index contributed by atoms with van der Waals surface area (Å²) in [5.41, 5.74) is 0.721. The van der Waals surface area contributed by atoms with Gasteiger partial charge >= 0.3 is 0 Å². The lowest BCUT2D eigenvalue weighted by molar-refractivity contribution is 0.151. The smallest absolute Gasteiger partial charge is 0.129 e. The minimum atomic E-state index is -0.273. The Labute approximate surface area is 83.7 Å². The van der Waals surface area contributed by atoms with Crippen molar-refractivity contribution in [3.8, 4) is 11.8 Å². The molecule has 1 atom stereocenters. The lowest BCUT2D eigenvalue weighted by atomic mass is 10.2. The molecular formula is C11H11ClO. The van der Waals surface area contributed by atoms with Crippen LogP contribution in [0.3, 0.4) is 0 Å². The fourth-order valence-corrected chi connectivity index (χ4v) is 0.879. The molecule has 0 radical (unpaired) electrons. The maximum Gasteiger partial charge on any atom is 0.129 e. The molecule has 1 nitrogen and oxygen atoms in total. The summed E-state index contributed by atoms with van der Waals surface area (Å²) < 4.78 is 5.06. The van der Waals surface area contributed by atoms with Crippen LogP contribution in [-0.2, 0) is 4.74 Å². The summed E-state index contributed by atoms with van der Waals surface area (Å²) >= 11 is 5.57. The van der Waals surface area contributed by atoms with E-state index in [-0.39, 0.29) is 5.56 Å². The highest BCUT2D eigenvalue weighted by molar-refractivity contribution is 6.19. The molecule has 0 N–H and O–H groups in total. The Hall–Kier alpha value is -0.970. The molecule has 0 fully saturated rings. The summed E-state index contributed by atoms with van der Waals surface area (Å²) in [6.07, 6.45) is 0. The molecule has 0 amide bonds. The SMILES string of the molecule is CC(Cl)OCC#Cc1ccccc1. The van der Waals surface area contributed by atoms with Crippen LogP contribution >= 0.6 is 11.6 Å². The summed E-state index contributed by atoms with van der Waals surface area (Å²) in [5.74, 6) is 5.84. The maximum atomic E-state index is 5.57. The zero-order valence-electron chi connectivity index (χ0n) is 7.46. The van der Waals surface area contributed by atoms with E-state index in [0.29, 0.717) is 6.61 Å². The van der Waals surface area contributed by atoms with Crippen LogP contribution in [0.4, 0.5) is 0 Å². The lowest BCUT2D eigenvalue weighted by Gasteiger charge is -1.98. The molecule has 0 aliphatic rings. The van der Waals surface area contributed by atoms with Gasteiger partial charge in [0.05, 0.1) is 0 Å². The highest BCUT2D eigenvalue weighted by atomic mass is 35.5. The third-order valence-corrected chi connectivity index (χ3v) is 1.52. The van der Waals surface area contributed by atoms with Gasteiger partial charge in [-0.2, -0.15) is 0 Å². The molecule has 0 aliphatic carbocycles. The molecule has 0 saturated carbocycles. The molecule has 2 heteroatoms. The summed E-state index contributed by atoms with van der Waals surface area (Å²) in [6, 6.07) is 9.78. The third kappa shape index (κ3) is 4.57. The number of benzene rings is 1.